The van der Waals surface area contributed by atoms with Crippen LogP contribution in [0.2, 0.25) is 0 Å². The third-order valence-electron chi connectivity index (χ3n) is 2.04. The molecule has 0 spiro atoms. The fourth-order valence-electron chi connectivity index (χ4n) is 1.16. The van der Waals surface area contributed by atoms with E-state index in [9.17, 15) is 9.59 Å². The second-order valence-electron chi connectivity index (χ2n) is 7.21. The molecule has 2 N–H and O–H groups in total. The summed E-state index contributed by atoms with van der Waals surface area (Å²) in [5, 5.41) is 16.8. The van der Waals surface area contributed by atoms with E-state index in [0.717, 1.165) is 0 Å². The van der Waals surface area contributed by atoms with Crippen molar-refractivity contribution in [2.24, 2.45) is 0 Å². The van der Waals surface area contributed by atoms with Crippen LogP contribution in [0.5, 0.6) is 0 Å². The quantitative estimate of drug-likeness (QED) is 0.208. The average molecular weight is 816 g/mol. The predicted molar refractivity (Wildman–Crippen MR) is 126 cm³/mol. The number of hydrogen-bond acceptors (Lipinski definition) is 2. The largest absolute Gasteiger partial charge is 1.00 e. The molecule has 0 aliphatic heterocycles. The van der Waals surface area contributed by atoms with Crippen LogP contribution >= 0.6 is 14.5 Å². The molecule has 0 atom stereocenters. The Bertz CT molecular complexity index is 610. The van der Waals surface area contributed by atoms with Gasteiger partial charge in [0.1, 0.15) is 0 Å². The zero-order chi connectivity index (χ0) is 22.4. The van der Waals surface area contributed by atoms with Gasteiger partial charge in [-0.3, -0.25) is 14.5 Å². The van der Waals surface area contributed by atoms with Gasteiger partial charge in [0.2, 0.25) is 0 Å². The number of hydrogen-bond donors (Lipinski definition) is 2. The number of rotatable bonds is 2. The first-order chi connectivity index (χ1) is 12.6. The second kappa shape index (κ2) is 19.4. The molecular weight excluding hydrogens is 784 g/mol. The molecule has 2 aromatic rings. The fourth-order valence-corrected chi connectivity index (χ4v) is 1.16. The van der Waals surface area contributed by atoms with Crippen molar-refractivity contribution in [3.63, 3.8) is 0 Å². The Kier molecular flexibility index (Phi) is 24.0. The molecule has 0 aliphatic carbocycles. The monoisotopic (exact) mass is 816 g/mol. The number of aromatic carboxylic acids is 2. The van der Waals surface area contributed by atoms with Gasteiger partial charge in [0.05, 0.1) is 11.1 Å². The van der Waals surface area contributed by atoms with Crippen molar-refractivity contribution in [1.29, 1.82) is 0 Å². The van der Waals surface area contributed by atoms with Crippen molar-refractivity contribution in [1.82, 2.24) is 0 Å². The summed E-state index contributed by atoms with van der Waals surface area (Å²) in [6.07, 6.45) is 0. The Morgan fingerprint density at radius 1 is 0.600 bits per heavy atom. The van der Waals surface area contributed by atoms with Gasteiger partial charge in [-0.15, -0.1) is 0 Å². The van der Waals surface area contributed by atoms with Crippen LogP contribution in [0.1, 0.15) is 20.7 Å². The molecule has 176 valence electrons. The Morgan fingerprint density at radius 3 is 0.867 bits per heavy atom. The second-order valence-corrected chi connectivity index (χ2v) is 15.0. The van der Waals surface area contributed by atoms with Crippen LogP contribution in [0.3, 0.4) is 0 Å². The summed E-state index contributed by atoms with van der Waals surface area (Å²) >= 11 is 0. The molecular formula is C22H32Au2O4P2. The van der Waals surface area contributed by atoms with Crippen molar-refractivity contribution in [3.8, 4) is 0 Å². The number of carboxylic acid groups (broad SMARTS) is 2. The van der Waals surface area contributed by atoms with Crippen LogP contribution in [-0.2, 0) is 44.8 Å². The number of benzene rings is 2. The average Bonchev–Trinajstić information content (AvgIpc) is 2.54. The van der Waals surface area contributed by atoms with Crippen LogP contribution in [0.25, 0.3) is 0 Å². The summed E-state index contributed by atoms with van der Waals surface area (Å²) in [5.74, 6) is -1.76. The molecule has 2 rings (SSSR count). The van der Waals surface area contributed by atoms with Crippen LogP contribution in [-0.4, -0.2) is 48.8 Å². The first-order valence-electron chi connectivity index (χ1n) is 8.23. The maximum absolute atomic E-state index is 10.2. The zero-order valence-electron chi connectivity index (χ0n) is 17.8. The van der Waals surface area contributed by atoms with Crippen molar-refractivity contribution >= 4 is 26.5 Å². The van der Waals surface area contributed by atoms with E-state index in [2.05, 4.69) is 53.3 Å². The normalized spacial score (nSPS) is 9.33. The van der Waals surface area contributed by atoms with E-state index in [-0.39, 0.29) is 44.8 Å². The molecule has 0 aromatic heterocycles. The van der Waals surface area contributed by atoms with Gasteiger partial charge >= 0.3 is 56.7 Å². The zero-order valence-corrected chi connectivity index (χ0v) is 23.9. The smallest absolute Gasteiger partial charge is 0.478 e. The maximum Gasteiger partial charge on any atom is 1.00 e. The molecule has 4 nitrogen and oxygen atoms in total. The van der Waals surface area contributed by atoms with Crippen LogP contribution in [0.4, 0.5) is 0 Å². The van der Waals surface area contributed by atoms with Gasteiger partial charge in [0, 0.05) is 0 Å². The van der Waals surface area contributed by atoms with Crippen molar-refractivity contribution in [2.45, 2.75) is 0 Å². The van der Waals surface area contributed by atoms with E-state index in [4.69, 9.17) is 10.2 Å². The van der Waals surface area contributed by atoms with Crippen LogP contribution < -0.4 is 0 Å². The van der Waals surface area contributed by atoms with Gasteiger partial charge in [0.15, 0.2) is 0 Å². The van der Waals surface area contributed by atoms with E-state index in [1.807, 2.05) is 0 Å². The molecule has 0 saturated carbocycles. The van der Waals surface area contributed by atoms with Gasteiger partial charge in [0.25, 0.3) is 0 Å². The van der Waals surface area contributed by atoms with Crippen LogP contribution in [0.15, 0.2) is 60.7 Å². The standard InChI is InChI=1S/2C7H6O2.2C4H10P.2Au/c2*8-7(9)6-4-2-1-3-5-6;2*1-5(2,3)4;;/h2*1-5H,(H,8,9);2*1-2H2,3-4H3;;/q;;2*-1;2*+1. The summed E-state index contributed by atoms with van der Waals surface area (Å²) in [6, 6.07) is 16.6. The summed E-state index contributed by atoms with van der Waals surface area (Å²) in [7, 11) is -1.78. The molecule has 0 amide bonds. The Balaban J connectivity index is -0.000000153. The van der Waals surface area contributed by atoms with E-state index in [1.165, 1.54) is 0 Å². The Labute approximate surface area is 215 Å². The van der Waals surface area contributed by atoms with Gasteiger partial charge in [-0.25, -0.2) is 36.2 Å². The number of carbonyl (C=O) groups is 2. The first kappa shape index (κ1) is 37.1. The van der Waals surface area contributed by atoms with Crippen molar-refractivity contribution < 1.29 is 64.6 Å². The Hall–Kier alpha value is -0.279. The van der Waals surface area contributed by atoms with Crippen LogP contribution in [0, 0.1) is 26.7 Å². The molecule has 0 fully saturated rings. The van der Waals surface area contributed by atoms with E-state index < -0.39 is 26.5 Å². The molecule has 0 bridgehead atoms. The maximum atomic E-state index is 10.2. The molecule has 30 heavy (non-hydrogen) atoms. The van der Waals surface area contributed by atoms with E-state index in [1.54, 1.807) is 60.7 Å². The molecule has 0 radical (unpaired) electrons. The molecule has 0 saturated heterocycles. The predicted octanol–water partition coefficient (Wildman–Crippen LogP) is 6.46. The summed E-state index contributed by atoms with van der Waals surface area (Å²) < 4.78 is 0. The topological polar surface area (TPSA) is 74.6 Å². The summed E-state index contributed by atoms with van der Waals surface area (Å²) in [6.45, 7) is 23.4. The SMILES string of the molecule is O=C(O)c1ccccc1.O=C(O)c1ccccc1.[Au+].[Au+].[CH2-][P+]([CH2-])(C)C.[CH2-][P+]([CH2-])(C)C. The minimum atomic E-state index is -0.889. The summed E-state index contributed by atoms with van der Waals surface area (Å²) in [4.78, 5) is 20.4. The minimum Gasteiger partial charge on any atom is -0.478 e. The molecule has 0 heterocycles. The molecule has 0 aliphatic rings. The third kappa shape index (κ3) is 35.2. The van der Waals surface area contributed by atoms with Crippen molar-refractivity contribution in [2.75, 3.05) is 26.7 Å². The Morgan fingerprint density at radius 2 is 0.767 bits per heavy atom. The number of carboxylic acids is 2. The molecule has 0 unspecified atom stereocenters. The van der Waals surface area contributed by atoms with Gasteiger partial charge in [-0.2, -0.15) is 0 Å². The van der Waals surface area contributed by atoms with Gasteiger partial charge < -0.3 is 10.2 Å². The van der Waals surface area contributed by atoms with Gasteiger partial charge in [-0.05, 0) is 50.9 Å². The molecule has 2 aromatic carbocycles. The third-order valence-corrected chi connectivity index (χ3v) is 2.04. The van der Waals surface area contributed by atoms with E-state index >= 15 is 0 Å². The minimum absolute atomic E-state index is 0. The van der Waals surface area contributed by atoms with Crippen molar-refractivity contribution in [3.05, 3.63) is 98.4 Å². The summed E-state index contributed by atoms with van der Waals surface area (Å²) in [5.41, 5.74) is 0.662. The molecule has 8 heteroatoms. The first-order valence-corrected chi connectivity index (χ1v) is 14.3. The van der Waals surface area contributed by atoms with E-state index in [0.29, 0.717) is 11.1 Å². The fraction of sp³-hybridized carbons (Fsp3) is 0.182. The van der Waals surface area contributed by atoms with Gasteiger partial charge in [-0.1, -0.05) is 36.4 Å².